The minimum absolute atomic E-state index is 0.120. The van der Waals surface area contributed by atoms with Crippen molar-refractivity contribution in [1.29, 1.82) is 0 Å². The molecule has 1 aromatic heterocycles. The fourth-order valence-electron chi connectivity index (χ4n) is 2.95. The van der Waals surface area contributed by atoms with E-state index in [0.29, 0.717) is 12.2 Å². The summed E-state index contributed by atoms with van der Waals surface area (Å²) in [6.07, 6.45) is 0. The number of hydrogen-bond donors (Lipinski definition) is 1. The number of carbonyl (C=O) groups is 2. The Kier molecular flexibility index (Phi) is 4.73. The van der Waals surface area contributed by atoms with E-state index in [-0.39, 0.29) is 11.8 Å². The van der Waals surface area contributed by atoms with E-state index in [9.17, 15) is 9.59 Å². The molecule has 6 heteroatoms. The van der Waals surface area contributed by atoms with E-state index < -0.39 is 6.04 Å². The predicted octanol–water partition coefficient (Wildman–Crippen LogP) is 3.66. The normalized spacial score (nSPS) is 16.0. The van der Waals surface area contributed by atoms with Gasteiger partial charge in [0, 0.05) is 15.7 Å². The third kappa shape index (κ3) is 3.61. The summed E-state index contributed by atoms with van der Waals surface area (Å²) in [6, 6.07) is 21.9. The Balaban J connectivity index is 1.43. The van der Waals surface area contributed by atoms with Crippen LogP contribution in [0.25, 0.3) is 11.3 Å². The quantitative estimate of drug-likeness (QED) is 0.653. The van der Waals surface area contributed by atoms with Crippen LogP contribution in [-0.4, -0.2) is 29.4 Å². The highest BCUT2D eigenvalue weighted by Gasteiger charge is 2.38. The molecule has 0 bridgehead atoms. The lowest BCUT2D eigenvalue weighted by atomic mass is 10.1. The molecule has 0 saturated carbocycles. The van der Waals surface area contributed by atoms with E-state index in [0.717, 1.165) is 21.4 Å². The van der Waals surface area contributed by atoms with Crippen LogP contribution >= 0.6 is 15.9 Å². The van der Waals surface area contributed by atoms with Crippen molar-refractivity contribution in [2.24, 2.45) is 0 Å². The van der Waals surface area contributed by atoms with Crippen molar-refractivity contribution in [2.45, 2.75) is 6.04 Å². The topological polar surface area (TPSA) is 62.3 Å². The third-order valence-corrected chi connectivity index (χ3v) is 4.95. The molecule has 27 heavy (non-hydrogen) atoms. The molecule has 2 heterocycles. The van der Waals surface area contributed by atoms with Crippen molar-refractivity contribution in [1.82, 2.24) is 10.3 Å². The fraction of sp³-hybridized carbons (Fsp3) is 0.0952. The van der Waals surface area contributed by atoms with Gasteiger partial charge < -0.3 is 10.2 Å². The summed E-state index contributed by atoms with van der Waals surface area (Å²) in [5.74, 6) is -0.466. The van der Waals surface area contributed by atoms with Gasteiger partial charge in [-0.2, -0.15) is 0 Å². The summed E-state index contributed by atoms with van der Waals surface area (Å²) in [6.45, 7) is 0.449. The zero-order chi connectivity index (χ0) is 18.8. The number of amides is 2. The first-order valence-electron chi connectivity index (χ1n) is 8.52. The van der Waals surface area contributed by atoms with Gasteiger partial charge in [0.15, 0.2) is 0 Å². The molecule has 1 saturated heterocycles. The molecular weight excluding hydrogens is 406 g/mol. The Morgan fingerprint density at radius 3 is 2.44 bits per heavy atom. The van der Waals surface area contributed by atoms with Crippen LogP contribution in [0.15, 0.2) is 77.3 Å². The van der Waals surface area contributed by atoms with E-state index in [2.05, 4.69) is 26.2 Å². The summed E-state index contributed by atoms with van der Waals surface area (Å²) in [5, 5.41) is 2.77. The molecule has 3 aromatic rings. The maximum atomic E-state index is 12.5. The Morgan fingerprint density at radius 1 is 1.00 bits per heavy atom. The molecule has 0 aliphatic carbocycles. The molecule has 2 amide bonds. The van der Waals surface area contributed by atoms with E-state index in [4.69, 9.17) is 0 Å². The maximum Gasteiger partial charge on any atom is 0.270 e. The molecule has 1 atom stereocenters. The van der Waals surface area contributed by atoms with E-state index >= 15 is 0 Å². The van der Waals surface area contributed by atoms with Gasteiger partial charge in [0.2, 0.25) is 0 Å². The highest BCUT2D eigenvalue weighted by atomic mass is 79.9. The number of β-lactam (4-membered cyclic amide) rings is 1. The Labute approximate surface area is 165 Å². The summed E-state index contributed by atoms with van der Waals surface area (Å²) in [7, 11) is 0. The van der Waals surface area contributed by atoms with Crippen LogP contribution in [0.4, 0.5) is 5.69 Å². The van der Waals surface area contributed by atoms with Crippen molar-refractivity contribution < 1.29 is 9.59 Å². The molecule has 1 aliphatic heterocycles. The molecule has 4 rings (SSSR count). The van der Waals surface area contributed by atoms with Gasteiger partial charge in [0.25, 0.3) is 11.8 Å². The molecule has 0 spiro atoms. The van der Waals surface area contributed by atoms with Crippen molar-refractivity contribution in [2.75, 3.05) is 11.4 Å². The molecule has 1 unspecified atom stereocenters. The minimum Gasteiger partial charge on any atom is -0.337 e. The number of rotatable bonds is 4. The van der Waals surface area contributed by atoms with Crippen LogP contribution in [0.1, 0.15) is 10.5 Å². The lowest BCUT2D eigenvalue weighted by Crippen LogP contribution is -2.64. The Morgan fingerprint density at radius 2 is 1.74 bits per heavy atom. The molecule has 0 radical (unpaired) electrons. The molecule has 1 fully saturated rings. The van der Waals surface area contributed by atoms with Gasteiger partial charge in [-0.3, -0.25) is 9.59 Å². The molecule has 1 N–H and O–H groups in total. The van der Waals surface area contributed by atoms with Crippen LogP contribution in [0.5, 0.6) is 0 Å². The minimum atomic E-state index is -0.525. The van der Waals surface area contributed by atoms with Crippen molar-refractivity contribution in [3.63, 3.8) is 0 Å². The lowest BCUT2D eigenvalue weighted by molar-refractivity contribution is -0.124. The number of halogens is 1. The zero-order valence-electron chi connectivity index (χ0n) is 14.3. The van der Waals surface area contributed by atoms with Crippen molar-refractivity contribution in [3.05, 3.63) is 83.0 Å². The molecule has 5 nitrogen and oxygen atoms in total. The zero-order valence-corrected chi connectivity index (χ0v) is 15.9. The average Bonchev–Trinajstić information content (AvgIpc) is 2.72. The first-order valence-corrected chi connectivity index (χ1v) is 9.31. The van der Waals surface area contributed by atoms with Gasteiger partial charge in [-0.15, -0.1) is 0 Å². The second-order valence-corrected chi connectivity index (χ2v) is 7.14. The number of carbonyl (C=O) groups excluding carboxylic acids is 2. The van der Waals surface area contributed by atoms with Crippen LogP contribution in [0, 0.1) is 0 Å². The number of benzene rings is 2. The molecule has 134 valence electrons. The van der Waals surface area contributed by atoms with Crippen LogP contribution < -0.4 is 10.2 Å². The predicted molar refractivity (Wildman–Crippen MR) is 107 cm³/mol. The third-order valence-electron chi connectivity index (χ3n) is 4.42. The van der Waals surface area contributed by atoms with Gasteiger partial charge in [-0.25, -0.2) is 4.98 Å². The fourth-order valence-corrected chi connectivity index (χ4v) is 3.21. The first kappa shape index (κ1) is 17.4. The van der Waals surface area contributed by atoms with E-state index in [1.54, 1.807) is 17.0 Å². The maximum absolute atomic E-state index is 12.5. The summed E-state index contributed by atoms with van der Waals surface area (Å²) in [4.78, 5) is 31.0. The van der Waals surface area contributed by atoms with Gasteiger partial charge in [0.05, 0.1) is 12.2 Å². The van der Waals surface area contributed by atoms with Crippen LogP contribution in [0.2, 0.25) is 0 Å². The number of anilines is 1. The smallest absolute Gasteiger partial charge is 0.270 e. The largest absolute Gasteiger partial charge is 0.337 e. The van der Waals surface area contributed by atoms with Crippen molar-refractivity contribution in [3.8, 4) is 11.3 Å². The number of pyridine rings is 1. The van der Waals surface area contributed by atoms with Gasteiger partial charge in [-0.1, -0.05) is 52.3 Å². The number of aromatic nitrogens is 1. The summed E-state index contributed by atoms with van der Waals surface area (Å²) >= 11 is 3.38. The summed E-state index contributed by atoms with van der Waals surface area (Å²) < 4.78 is 0.952. The first-order chi connectivity index (χ1) is 13.1. The van der Waals surface area contributed by atoms with Gasteiger partial charge in [-0.05, 0) is 36.4 Å². The van der Waals surface area contributed by atoms with Gasteiger partial charge in [0.1, 0.15) is 11.7 Å². The average molecular weight is 422 g/mol. The standard InChI is InChI=1S/C21H16BrN3O2/c22-15-9-11-16(12-10-15)25-13-19(21(25)27)24-20(26)18-8-4-7-17(23-18)14-5-2-1-3-6-14/h1-12,19H,13H2,(H,24,26). The van der Waals surface area contributed by atoms with Crippen molar-refractivity contribution >= 4 is 33.4 Å². The SMILES string of the molecule is O=C(NC1CN(c2ccc(Br)cc2)C1=O)c1cccc(-c2ccccc2)n1. The second kappa shape index (κ2) is 7.32. The number of nitrogens with zero attached hydrogens (tertiary/aromatic N) is 2. The number of nitrogens with one attached hydrogen (secondary N) is 1. The van der Waals surface area contributed by atoms with E-state index in [1.165, 1.54) is 0 Å². The van der Waals surface area contributed by atoms with Gasteiger partial charge >= 0.3 is 0 Å². The molecular formula is C21H16BrN3O2. The second-order valence-electron chi connectivity index (χ2n) is 6.23. The van der Waals surface area contributed by atoms with Crippen LogP contribution in [-0.2, 0) is 4.79 Å². The monoisotopic (exact) mass is 421 g/mol. The highest BCUT2D eigenvalue weighted by molar-refractivity contribution is 9.10. The summed E-state index contributed by atoms with van der Waals surface area (Å²) in [5.41, 5.74) is 2.78. The molecule has 1 aliphatic rings. The highest BCUT2D eigenvalue weighted by Crippen LogP contribution is 2.24. The number of hydrogen-bond acceptors (Lipinski definition) is 3. The molecule has 2 aromatic carbocycles. The lowest BCUT2D eigenvalue weighted by Gasteiger charge is -2.38. The Bertz CT molecular complexity index is 990. The van der Waals surface area contributed by atoms with Crippen LogP contribution in [0.3, 0.4) is 0 Å². The Hall–Kier alpha value is -2.99. The van der Waals surface area contributed by atoms with E-state index in [1.807, 2.05) is 60.7 Å².